The van der Waals surface area contributed by atoms with Crippen molar-refractivity contribution in [2.75, 3.05) is 0 Å². The molecule has 0 N–H and O–H groups in total. The molecule has 2 nitrogen and oxygen atoms in total. The summed E-state index contributed by atoms with van der Waals surface area (Å²) in [7, 11) is 0. The summed E-state index contributed by atoms with van der Waals surface area (Å²) in [6, 6.07) is 11.8. The van der Waals surface area contributed by atoms with E-state index in [1.807, 2.05) is 36.1 Å². The Bertz CT molecular complexity index is 682. The molecule has 0 saturated heterocycles. The van der Waals surface area contributed by atoms with Crippen molar-refractivity contribution >= 4 is 40.1 Å². The second-order valence-corrected chi connectivity index (χ2v) is 6.73. The van der Waals surface area contributed by atoms with Gasteiger partial charge in [-0.05, 0) is 70.5 Å². The molecule has 0 aromatic heterocycles. The van der Waals surface area contributed by atoms with E-state index in [9.17, 15) is 4.79 Å². The Labute approximate surface area is 136 Å². The molecule has 0 fully saturated rings. The Balaban J connectivity index is 1.87. The van der Waals surface area contributed by atoms with Crippen LogP contribution in [0.2, 0.25) is 5.02 Å². The number of halogens is 2. The summed E-state index contributed by atoms with van der Waals surface area (Å²) in [5.74, 6) is 0.129. The van der Waals surface area contributed by atoms with Gasteiger partial charge in [-0.15, -0.1) is 0 Å². The van der Waals surface area contributed by atoms with Gasteiger partial charge in [-0.3, -0.25) is 4.79 Å². The average molecular weight is 398 g/mol. The zero-order valence-electron chi connectivity index (χ0n) is 11.0. The second kappa shape index (κ2) is 5.37. The molecule has 0 atom stereocenters. The van der Waals surface area contributed by atoms with Crippen molar-refractivity contribution in [1.29, 1.82) is 0 Å². The molecule has 1 heterocycles. The maximum atomic E-state index is 12.5. The molecule has 1 aliphatic heterocycles. The highest BCUT2D eigenvalue weighted by molar-refractivity contribution is 14.1. The van der Waals surface area contributed by atoms with Gasteiger partial charge in [0, 0.05) is 27.2 Å². The molecule has 0 aliphatic carbocycles. The van der Waals surface area contributed by atoms with Gasteiger partial charge in [0.25, 0.3) is 5.91 Å². The van der Waals surface area contributed by atoms with Crippen molar-refractivity contribution in [3.63, 3.8) is 0 Å². The van der Waals surface area contributed by atoms with Gasteiger partial charge in [0.2, 0.25) is 0 Å². The van der Waals surface area contributed by atoms with Crippen LogP contribution in [0.4, 0.5) is 0 Å². The van der Waals surface area contributed by atoms with E-state index in [2.05, 4.69) is 34.7 Å². The van der Waals surface area contributed by atoms with E-state index in [-0.39, 0.29) is 5.91 Å². The fraction of sp³-hybridized carbons (Fsp3) is 0.188. The number of rotatable bonds is 2. The smallest absolute Gasteiger partial charge is 0.255 e. The van der Waals surface area contributed by atoms with Crippen molar-refractivity contribution in [3.8, 4) is 0 Å². The minimum Gasteiger partial charge on any atom is -0.330 e. The van der Waals surface area contributed by atoms with Crippen LogP contribution in [-0.2, 0) is 13.1 Å². The van der Waals surface area contributed by atoms with Crippen LogP contribution >= 0.6 is 34.2 Å². The molecule has 0 saturated carbocycles. The molecule has 0 bridgehead atoms. The van der Waals surface area contributed by atoms with E-state index in [0.29, 0.717) is 13.1 Å². The fourth-order valence-electron chi connectivity index (χ4n) is 2.62. The molecule has 1 amide bonds. The first-order valence-electron chi connectivity index (χ1n) is 6.37. The standard InChI is InChI=1S/C16H13ClINO/c1-10-6-14(18)7-12-9-19(16(20)15(10)12)8-11-2-4-13(17)5-3-11/h2-7H,8-9H2,1H3. The largest absolute Gasteiger partial charge is 0.330 e. The van der Waals surface area contributed by atoms with Crippen LogP contribution in [0.3, 0.4) is 0 Å². The number of benzene rings is 2. The van der Waals surface area contributed by atoms with E-state index >= 15 is 0 Å². The number of hydrogen-bond acceptors (Lipinski definition) is 1. The molecule has 2 aromatic carbocycles. The predicted molar refractivity (Wildman–Crippen MR) is 88.9 cm³/mol. The number of aryl methyl sites for hydroxylation is 1. The van der Waals surface area contributed by atoms with Crippen LogP contribution < -0.4 is 0 Å². The van der Waals surface area contributed by atoms with Crippen LogP contribution in [0.25, 0.3) is 0 Å². The van der Waals surface area contributed by atoms with Gasteiger partial charge in [-0.1, -0.05) is 23.7 Å². The number of carbonyl (C=O) groups is 1. The topological polar surface area (TPSA) is 20.3 Å². The molecule has 3 rings (SSSR count). The third-order valence-corrected chi connectivity index (χ3v) is 4.41. The van der Waals surface area contributed by atoms with Crippen molar-refractivity contribution < 1.29 is 4.79 Å². The van der Waals surface area contributed by atoms with E-state index in [4.69, 9.17) is 11.6 Å². The summed E-state index contributed by atoms with van der Waals surface area (Å²) < 4.78 is 1.18. The minimum atomic E-state index is 0.129. The summed E-state index contributed by atoms with van der Waals surface area (Å²) in [4.78, 5) is 14.4. The van der Waals surface area contributed by atoms with Crippen molar-refractivity contribution in [2.24, 2.45) is 0 Å². The van der Waals surface area contributed by atoms with Crippen molar-refractivity contribution in [3.05, 3.63) is 67.2 Å². The van der Waals surface area contributed by atoms with Crippen molar-refractivity contribution in [2.45, 2.75) is 20.0 Å². The first kappa shape index (κ1) is 13.9. The van der Waals surface area contributed by atoms with Gasteiger partial charge in [0.05, 0.1) is 0 Å². The highest BCUT2D eigenvalue weighted by Crippen LogP contribution is 2.29. The maximum Gasteiger partial charge on any atom is 0.255 e. The average Bonchev–Trinajstić information content (AvgIpc) is 2.69. The van der Waals surface area contributed by atoms with Crippen LogP contribution in [-0.4, -0.2) is 10.8 Å². The van der Waals surface area contributed by atoms with E-state index in [0.717, 1.165) is 27.3 Å². The SMILES string of the molecule is Cc1cc(I)cc2c1C(=O)N(Cc1ccc(Cl)cc1)C2. The molecule has 0 unspecified atom stereocenters. The normalized spacial score (nSPS) is 13.8. The predicted octanol–water partition coefficient (Wildman–Crippen LogP) is 4.41. The third-order valence-electron chi connectivity index (χ3n) is 3.53. The quantitative estimate of drug-likeness (QED) is 0.688. The Kier molecular flexibility index (Phi) is 3.73. The Morgan fingerprint density at radius 3 is 2.65 bits per heavy atom. The van der Waals surface area contributed by atoms with Gasteiger partial charge in [0.15, 0.2) is 0 Å². The lowest BCUT2D eigenvalue weighted by Crippen LogP contribution is -2.23. The lowest BCUT2D eigenvalue weighted by molar-refractivity contribution is 0.0766. The zero-order valence-corrected chi connectivity index (χ0v) is 13.9. The lowest BCUT2D eigenvalue weighted by atomic mass is 10.0. The zero-order chi connectivity index (χ0) is 14.3. The first-order chi connectivity index (χ1) is 9.54. The summed E-state index contributed by atoms with van der Waals surface area (Å²) in [5, 5.41) is 0.718. The van der Waals surface area contributed by atoms with Crippen molar-refractivity contribution in [1.82, 2.24) is 4.90 Å². The van der Waals surface area contributed by atoms with E-state index in [1.54, 1.807) is 0 Å². The van der Waals surface area contributed by atoms with Gasteiger partial charge < -0.3 is 4.90 Å². The first-order valence-corrected chi connectivity index (χ1v) is 7.83. The molecule has 0 radical (unpaired) electrons. The molecule has 1 aliphatic rings. The Hall–Kier alpha value is -1.07. The lowest BCUT2D eigenvalue weighted by Gasteiger charge is -2.15. The third kappa shape index (κ3) is 2.56. The summed E-state index contributed by atoms with van der Waals surface area (Å²) >= 11 is 8.18. The molecular formula is C16H13ClINO. The van der Waals surface area contributed by atoms with E-state index in [1.165, 1.54) is 3.57 Å². The molecule has 4 heteroatoms. The molecule has 2 aromatic rings. The Morgan fingerprint density at radius 1 is 1.25 bits per heavy atom. The summed E-state index contributed by atoms with van der Waals surface area (Å²) in [5.41, 5.74) is 4.17. The van der Waals surface area contributed by atoms with Gasteiger partial charge in [-0.25, -0.2) is 0 Å². The van der Waals surface area contributed by atoms with Crippen LogP contribution in [0.1, 0.15) is 27.0 Å². The van der Waals surface area contributed by atoms with Gasteiger partial charge in [0.1, 0.15) is 0 Å². The maximum absolute atomic E-state index is 12.5. The number of nitrogens with zero attached hydrogens (tertiary/aromatic N) is 1. The fourth-order valence-corrected chi connectivity index (χ4v) is 3.59. The van der Waals surface area contributed by atoms with Crippen LogP contribution in [0.5, 0.6) is 0 Å². The number of amides is 1. The summed E-state index contributed by atoms with van der Waals surface area (Å²) in [6.45, 7) is 3.32. The molecule has 20 heavy (non-hydrogen) atoms. The second-order valence-electron chi connectivity index (χ2n) is 5.04. The summed E-state index contributed by atoms with van der Waals surface area (Å²) in [6.07, 6.45) is 0. The number of hydrogen-bond donors (Lipinski definition) is 0. The van der Waals surface area contributed by atoms with Gasteiger partial charge >= 0.3 is 0 Å². The van der Waals surface area contributed by atoms with Gasteiger partial charge in [-0.2, -0.15) is 0 Å². The van der Waals surface area contributed by atoms with Crippen LogP contribution in [0, 0.1) is 10.5 Å². The van der Waals surface area contributed by atoms with E-state index < -0.39 is 0 Å². The molecular weight excluding hydrogens is 385 g/mol. The van der Waals surface area contributed by atoms with Crippen LogP contribution in [0.15, 0.2) is 36.4 Å². The molecule has 0 spiro atoms. The minimum absolute atomic E-state index is 0.129. The Morgan fingerprint density at radius 2 is 1.95 bits per heavy atom. The number of carbonyl (C=O) groups excluding carboxylic acids is 1. The number of fused-ring (bicyclic) bond motifs is 1. The highest BCUT2D eigenvalue weighted by atomic mass is 127. The molecule has 102 valence electrons. The highest BCUT2D eigenvalue weighted by Gasteiger charge is 2.29. The monoisotopic (exact) mass is 397 g/mol.